The summed E-state index contributed by atoms with van der Waals surface area (Å²) in [6.07, 6.45) is 3.64. The van der Waals surface area contributed by atoms with E-state index in [1.165, 1.54) is 0 Å². The number of ether oxygens (including phenoxy) is 2. The second kappa shape index (κ2) is 12.5. The molecule has 0 spiro atoms. The molecule has 0 heterocycles. The molecular weight excluding hydrogens is 425 g/mol. The maximum absolute atomic E-state index is 12.8. The third kappa shape index (κ3) is 7.03. The Hall–Kier alpha value is -2.08. The molecule has 0 saturated carbocycles. The first kappa shape index (κ1) is 23.2. The van der Waals surface area contributed by atoms with E-state index in [0.717, 1.165) is 34.5 Å². The third-order valence-corrected chi connectivity index (χ3v) is 14.8. The maximum atomic E-state index is 12.8. The van der Waals surface area contributed by atoms with Crippen LogP contribution in [0.2, 0.25) is 10.5 Å². The van der Waals surface area contributed by atoms with Crippen molar-refractivity contribution in [2.45, 2.75) is 50.0 Å². The number of rotatable bonds is 12. The molecule has 0 unspecified atom stereocenters. The van der Waals surface area contributed by atoms with E-state index in [1.54, 1.807) is 0 Å². The fourth-order valence-electron chi connectivity index (χ4n) is 3.41. The van der Waals surface area contributed by atoms with Crippen molar-refractivity contribution in [3.63, 3.8) is 0 Å². The molecule has 2 aromatic carbocycles. The molecule has 156 valence electrons. The molecule has 0 N–H and O–H groups in total. The number of carbonyl (C=O) groups is 2. The van der Waals surface area contributed by atoms with Crippen LogP contribution in [-0.2, 0) is 19.1 Å². The van der Waals surface area contributed by atoms with Crippen LogP contribution in [0.4, 0.5) is 0 Å². The Morgan fingerprint density at radius 2 is 1.07 bits per heavy atom. The average Bonchev–Trinajstić information content (AvgIpc) is 2.75. The molecule has 0 saturated heterocycles. The van der Waals surface area contributed by atoms with Crippen molar-refractivity contribution in [3.05, 3.63) is 60.7 Å². The van der Waals surface area contributed by atoms with Crippen molar-refractivity contribution in [1.82, 2.24) is 0 Å². The third-order valence-electron chi connectivity index (χ3n) is 5.07. The SMILES string of the molecule is CCCCOC(=O)[CH2][Ge]([CH2]C(=O)OCCCC)([c]1ccccc1)[c]1ccccc1. The van der Waals surface area contributed by atoms with Gasteiger partial charge in [0, 0.05) is 0 Å². The van der Waals surface area contributed by atoms with Crippen LogP contribution in [0.1, 0.15) is 39.5 Å². The van der Waals surface area contributed by atoms with Crippen LogP contribution in [0.5, 0.6) is 0 Å². The number of esters is 2. The summed E-state index contributed by atoms with van der Waals surface area (Å²) in [7, 11) is 0. The number of carbonyl (C=O) groups excluding carboxylic acids is 2. The van der Waals surface area contributed by atoms with Crippen LogP contribution < -0.4 is 8.79 Å². The Bertz CT molecular complexity index is 680. The van der Waals surface area contributed by atoms with E-state index in [0.29, 0.717) is 13.2 Å². The number of benzene rings is 2. The van der Waals surface area contributed by atoms with Crippen molar-refractivity contribution in [1.29, 1.82) is 0 Å². The minimum absolute atomic E-state index is 0.215. The van der Waals surface area contributed by atoms with Crippen LogP contribution in [0.25, 0.3) is 0 Å². The average molecular weight is 457 g/mol. The van der Waals surface area contributed by atoms with Gasteiger partial charge >= 0.3 is 177 Å². The molecule has 0 aliphatic heterocycles. The Morgan fingerprint density at radius 1 is 0.690 bits per heavy atom. The van der Waals surface area contributed by atoms with E-state index >= 15 is 0 Å². The fraction of sp³-hybridized carbons (Fsp3) is 0.417. The van der Waals surface area contributed by atoms with Crippen molar-refractivity contribution in [2.24, 2.45) is 0 Å². The Morgan fingerprint density at radius 3 is 1.41 bits per heavy atom. The number of hydrogen-bond donors (Lipinski definition) is 0. The van der Waals surface area contributed by atoms with E-state index in [1.807, 2.05) is 60.7 Å². The van der Waals surface area contributed by atoms with Crippen LogP contribution in [-0.4, -0.2) is 38.4 Å². The molecule has 0 fully saturated rings. The van der Waals surface area contributed by atoms with E-state index in [2.05, 4.69) is 13.8 Å². The Balaban J connectivity index is 2.39. The van der Waals surface area contributed by atoms with E-state index in [4.69, 9.17) is 9.47 Å². The summed E-state index contributed by atoms with van der Waals surface area (Å²) in [6.45, 7) is 4.99. The first-order valence-electron chi connectivity index (χ1n) is 10.5. The summed E-state index contributed by atoms with van der Waals surface area (Å²) in [5.74, 6) is -0.431. The van der Waals surface area contributed by atoms with Gasteiger partial charge in [-0.05, 0) is 0 Å². The normalized spacial score (nSPS) is 11.1. The summed E-state index contributed by atoms with van der Waals surface area (Å²) in [5, 5.41) is 0.557. The topological polar surface area (TPSA) is 52.6 Å². The second-order valence-corrected chi connectivity index (χ2v) is 15.8. The van der Waals surface area contributed by atoms with Gasteiger partial charge in [0.2, 0.25) is 0 Å². The summed E-state index contributed by atoms with van der Waals surface area (Å²) < 4.78 is 13.2. The zero-order valence-corrected chi connectivity index (χ0v) is 19.7. The van der Waals surface area contributed by atoms with Gasteiger partial charge in [-0.25, -0.2) is 0 Å². The molecule has 29 heavy (non-hydrogen) atoms. The summed E-state index contributed by atoms with van der Waals surface area (Å²) in [4.78, 5) is 25.6. The number of unbranched alkanes of at least 4 members (excludes halogenated alkanes) is 2. The summed E-state index contributed by atoms with van der Waals surface area (Å²) >= 11 is -3.42. The van der Waals surface area contributed by atoms with Crippen LogP contribution in [0.3, 0.4) is 0 Å². The molecule has 0 atom stereocenters. The predicted octanol–water partition coefficient (Wildman–Crippen LogP) is 3.94. The number of hydrogen-bond acceptors (Lipinski definition) is 4. The minimum atomic E-state index is -3.42. The van der Waals surface area contributed by atoms with E-state index < -0.39 is 13.3 Å². The molecule has 0 aromatic heterocycles. The predicted molar refractivity (Wildman–Crippen MR) is 119 cm³/mol. The van der Waals surface area contributed by atoms with Crippen LogP contribution in [0.15, 0.2) is 60.7 Å². The molecule has 0 aliphatic carbocycles. The first-order chi connectivity index (χ1) is 14.1. The van der Waals surface area contributed by atoms with Gasteiger partial charge < -0.3 is 0 Å². The van der Waals surface area contributed by atoms with Gasteiger partial charge in [-0.1, -0.05) is 0 Å². The second-order valence-electron chi connectivity index (χ2n) is 7.32. The van der Waals surface area contributed by atoms with E-state index in [-0.39, 0.29) is 22.4 Å². The van der Waals surface area contributed by atoms with Crippen molar-refractivity contribution in [3.8, 4) is 0 Å². The van der Waals surface area contributed by atoms with E-state index in [9.17, 15) is 9.59 Å². The van der Waals surface area contributed by atoms with Gasteiger partial charge in [-0.15, -0.1) is 0 Å². The van der Waals surface area contributed by atoms with Gasteiger partial charge in [0.15, 0.2) is 0 Å². The molecule has 0 radical (unpaired) electrons. The van der Waals surface area contributed by atoms with Crippen molar-refractivity contribution >= 4 is 34.0 Å². The standard InChI is InChI=1S/C24H32GeO4/c1-3-5-17-28-23(26)19-25(21-13-9-7-10-14-21,22-15-11-8-12-16-22)20-24(27)29-18-6-4-2/h7-16H,3-6,17-20H2,1-2H3. The zero-order valence-electron chi connectivity index (χ0n) is 17.6. The van der Waals surface area contributed by atoms with Gasteiger partial charge in [0.25, 0.3) is 0 Å². The summed E-state index contributed by atoms with van der Waals surface area (Å²) in [6, 6.07) is 20.0. The fourth-order valence-corrected chi connectivity index (χ4v) is 12.1. The molecule has 2 aromatic rings. The molecular formula is C24H32GeO4. The van der Waals surface area contributed by atoms with Crippen molar-refractivity contribution < 1.29 is 19.1 Å². The zero-order chi connectivity index (χ0) is 21.0. The van der Waals surface area contributed by atoms with Gasteiger partial charge in [0.1, 0.15) is 0 Å². The van der Waals surface area contributed by atoms with Gasteiger partial charge in [-0.3, -0.25) is 0 Å². The Labute approximate surface area is 177 Å². The quantitative estimate of drug-likeness (QED) is 0.276. The molecule has 0 aliphatic rings. The monoisotopic (exact) mass is 458 g/mol. The van der Waals surface area contributed by atoms with Gasteiger partial charge in [0.05, 0.1) is 0 Å². The Kier molecular flexibility index (Phi) is 9.98. The van der Waals surface area contributed by atoms with Crippen molar-refractivity contribution in [2.75, 3.05) is 13.2 Å². The molecule has 4 nitrogen and oxygen atoms in total. The molecule has 2 rings (SSSR count). The summed E-state index contributed by atoms with van der Waals surface area (Å²) in [5.41, 5.74) is 0. The molecule has 5 heteroatoms. The first-order valence-corrected chi connectivity index (χ1v) is 15.6. The van der Waals surface area contributed by atoms with Crippen LogP contribution >= 0.6 is 0 Å². The molecule has 0 amide bonds. The van der Waals surface area contributed by atoms with Gasteiger partial charge in [-0.2, -0.15) is 0 Å². The van der Waals surface area contributed by atoms with Crippen LogP contribution in [0, 0.1) is 0 Å². The molecule has 0 bridgehead atoms.